The molecule has 0 amide bonds. The normalized spacial score (nSPS) is 19.7. The number of alkyl halides is 3. The summed E-state index contributed by atoms with van der Waals surface area (Å²) in [7, 11) is 0. The molecule has 0 saturated carbocycles. The summed E-state index contributed by atoms with van der Waals surface area (Å²) in [6.45, 7) is 2.19. The number of rotatable bonds is 5. The van der Waals surface area contributed by atoms with E-state index in [0.29, 0.717) is 18.7 Å². The van der Waals surface area contributed by atoms with E-state index in [9.17, 15) is 13.2 Å². The van der Waals surface area contributed by atoms with Crippen molar-refractivity contribution in [2.24, 2.45) is 0 Å². The first-order chi connectivity index (χ1) is 16.0. The molecule has 1 fully saturated rings. The maximum atomic E-state index is 13.2. The molecule has 2 aliphatic heterocycles. The van der Waals surface area contributed by atoms with Gasteiger partial charge in [0, 0.05) is 30.6 Å². The molecule has 2 aliphatic rings. The van der Waals surface area contributed by atoms with E-state index in [0.717, 1.165) is 54.3 Å². The SMILES string of the molecule is Cl.FC(F)(F)c1cccc(-c2cc3c(c(CN[C@H]4CCCN[C@H]4c4ccccc4)c2)OCC3)c1. The van der Waals surface area contributed by atoms with Gasteiger partial charge in [-0.05, 0) is 65.9 Å². The summed E-state index contributed by atoms with van der Waals surface area (Å²) in [6.07, 6.45) is -1.43. The third-order valence-electron chi connectivity index (χ3n) is 6.56. The first-order valence-corrected chi connectivity index (χ1v) is 11.5. The maximum absolute atomic E-state index is 13.2. The van der Waals surface area contributed by atoms with Gasteiger partial charge in [-0.1, -0.05) is 42.5 Å². The van der Waals surface area contributed by atoms with Crippen LogP contribution in [0.4, 0.5) is 13.2 Å². The minimum absolute atomic E-state index is 0. The highest BCUT2D eigenvalue weighted by Gasteiger charge is 2.31. The molecule has 3 aromatic carbocycles. The zero-order valence-corrected chi connectivity index (χ0v) is 19.5. The molecule has 0 aliphatic carbocycles. The van der Waals surface area contributed by atoms with E-state index in [-0.39, 0.29) is 24.5 Å². The molecule has 1 saturated heterocycles. The molecule has 7 heteroatoms. The first-order valence-electron chi connectivity index (χ1n) is 11.5. The molecule has 0 radical (unpaired) electrons. The van der Waals surface area contributed by atoms with Gasteiger partial charge in [-0.3, -0.25) is 0 Å². The van der Waals surface area contributed by atoms with Crippen LogP contribution in [-0.4, -0.2) is 19.2 Å². The van der Waals surface area contributed by atoms with Crippen molar-refractivity contribution in [3.63, 3.8) is 0 Å². The summed E-state index contributed by atoms with van der Waals surface area (Å²) in [6, 6.07) is 20.4. The van der Waals surface area contributed by atoms with E-state index in [4.69, 9.17) is 4.74 Å². The molecule has 2 heterocycles. The van der Waals surface area contributed by atoms with Gasteiger partial charge in [-0.15, -0.1) is 12.4 Å². The lowest BCUT2D eigenvalue weighted by molar-refractivity contribution is -0.137. The Bertz CT molecular complexity index is 1120. The Labute approximate surface area is 204 Å². The summed E-state index contributed by atoms with van der Waals surface area (Å²) in [5.74, 6) is 0.873. The quantitative estimate of drug-likeness (QED) is 0.441. The standard InChI is InChI=1S/C27H27F3N2O.ClH/c28-27(29,30)23-9-4-8-19(16-23)21-14-20-11-13-33-26(20)22(15-21)17-32-24-10-5-12-31-25(24)18-6-2-1-3-7-18;/h1-4,6-9,14-16,24-25,31-32H,5,10-13,17H2;1H/t24-,25-;/m0./s1. The van der Waals surface area contributed by atoms with Crippen LogP contribution >= 0.6 is 12.4 Å². The number of fused-ring (bicyclic) bond motifs is 1. The van der Waals surface area contributed by atoms with E-state index < -0.39 is 11.7 Å². The predicted molar refractivity (Wildman–Crippen MR) is 130 cm³/mol. The van der Waals surface area contributed by atoms with E-state index in [1.165, 1.54) is 17.7 Å². The van der Waals surface area contributed by atoms with Gasteiger partial charge < -0.3 is 15.4 Å². The smallest absolute Gasteiger partial charge is 0.416 e. The summed E-state index contributed by atoms with van der Waals surface area (Å²) in [5, 5.41) is 7.34. The number of nitrogens with one attached hydrogen (secondary N) is 2. The number of ether oxygens (including phenoxy) is 1. The van der Waals surface area contributed by atoms with Crippen molar-refractivity contribution < 1.29 is 17.9 Å². The Balaban J connectivity index is 0.00000274. The summed E-state index contributed by atoms with van der Waals surface area (Å²) in [4.78, 5) is 0. The van der Waals surface area contributed by atoms with Crippen LogP contribution in [0.25, 0.3) is 11.1 Å². The van der Waals surface area contributed by atoms with Gasteiger partial charge in [0.05, 0.1) is 12.2 Å². The molecule has 2 atom stereocenters. The van der Waals surface area contributed by atoms with Crippen molar-refractivity contribution in [2.45, 2.75) is 44.1 Å². The molecule has 0 unspecified atom stereocenters. The second-order valence-electron chi connectivity index (χ2n) is 8.77. The van der Waals surface area contributed by atoms with E-state index in [1.54, 1.807) is 6.07 Å². The Kier molecular flexibility index (Phi) is 7.51. The van der Waals surface area contributed by atoms with Gasteiger partial charge in [-0.2, -0.15) is 13.2 Å². The molecule has 5 rings (SSSR count). The van der Waals surface area contributed by atoms with Crippen molar-refractivity contribution in [2.75, 3.05) is 13.2 Å². The maximum Gasteiger partial charge on any atom is 0.416 e. The molecule has 0 aromatic heterocycles. The minimum atomic E-state index is -4.36. The topological polar surface area (TPSA) is 33.3 Å². The van der Waals surface area contributed by atoms with Crippen LogP contribution in [0.5, 0.6) is 5.75 Å². The van der Waals surface area contributed by atoms with E-state index in [1.807, 2.05) is 18.2 Å². The molecule has 3 nitrogen and oxygen atoms in total. The van der Waals surface area contributed by atoms with Crippen LogP contribution in [0, 0.1) is 0 Å². The average molecular weight is 489 g/mol. The Morgan fingerprint density at radius 2 is 1.79 bits per heavy atom. The Morgan fingerprint density at radius 1 is 0.971 bits per heavy atom. The van der Waals surface area contributed by atoms with E-state index in [2.05, 4.69) is 34.9 Å². The van der Waals surface area contributed by atoms with Gasteiger partial charge in [0.25, 0.3) is 0 Å². The van der Waals surface area contributed by atoms with Crippen LogP contribution in [0.1, 0.15) is 41.1 Å². The lowest BCUT2D eigenvalue weighted by atomic mass is 9.91. The van der Waals surface area contributed by atoms with E-state index >= 15 is 0 Å². The minimum Gasteiger partial charge on any atom is -0.493 e. The highest BCUT2D eigenvalue weighted by molar-refractivity contribution is 5.85. The van der Waals surface area contributed by atoms with Crippen LogP contribution in [0.15, 0.2) is 66.7 Å². The Hall–Kier alpha value is -2.54. The molecule has 0 bridgehead atoms. The first kappa shape index (κ1) is 24.6. The van der Waals surface area contributed by atoms with Crippen molar-refractivity contribution in [3.8, 4) is 16.9 Å². The van der Waals surface area contributed by atoms with Gasteiger partial charge >= 0.3 is 6.18 Å². The summed E-state index contributed by atoms with van der Waals surface area (Å²) < 4.78 is 45.7. The van der Waals surface area contributed by atoms with Gasteiger partial charge in [-0.25, -0.2) is 0 Å². The van der Waals surface area contributed by atoms with Crippen molar-refractivity contribution in [1.29, 1.82) is 0 Å². The van der Waals surface area contributed by atoms with Crippen molar-refractivity contribution in [3.05, 3.63) is 89.0 Å². The lowest BCUT2D eigenvalue weighted by Crippen LogP contribution is -2.45. The van der Waals surface area contributed by atoms with Gasteiger partial charge in [0.2, 0.25) is 0 Å². The number of piperidine rings is 1. The summed E-state index contributed by atoms with van der Waals surface area (Å²) in [5.41, 5.74) is 4.05. The zero-order chi connectivity index (χ0) is 22.8. The largest absolute Gasteiger partial charge is 0.493 e. The molecule has 3 aromatic rings. The molecular weight excluding hydrogens is 461 g/mol. The third kappa shape index (κ3) is 5.24. The van der Waals surface area contributed by atoms with Gasteiger partial charge in [0.1, 0.15) is 5.75 Å². The molecule has 2 N–H and O–H groups in total. The molecular formula is C27H28ClF3N2O. The number of hydrogen-bond donors (Lipinski definition) is 2. The van der Waals surface area contributed by atoms with Gasteiger partial charge in [0.15, 0.2) is 0 Å². The monoisotopic (exact) mass is 488 g/mol. The van der Waals surface area contributed by atoms with Crippen LogP contribution in [0.3, 0.4) is 0 Å². The van der Waals surface area contributed by atoms with Crippen LogP contribution in [-0.2, 0) is 19.1 Å². The fourth-order valence-electron chi connectivity index (χ4n) is 4.92. The van der Waals surface area contributed by atoms with Crippen LogP contribution in [0.2, 0.25) is 0 Å². The zero-order valence-electron chi connectivity index (χ0n) is 18.7. The van der Waals surface area contributed by atoms with Crippen molar-refractivity contribution in [1.82, 2.24) is 10.6 Å². The summed E-state index contributed by atoms with van der Waals surface area (Å²) >= 11 is 0. The number of benzene rings is 3. The van der Waals surface area contributed by atoms with Crippen LogP contribution < -0.4 is 15.4 Å². The fourth-order valence-corrected chi connectivity index (χ4v) is 4.92. The molecule has 0 spiro atoms. The third-order valence-corrected chi connectivity index (χ3v) is 6.56. The predicted octanol–water partition coefficient (Wildman–Crippen LogP) is 6.31. The highest BCUT2D eigenvalue weighted by Crippen LogP contribution is 2.37. The number of halogens is 4. The van der Waals surface area contributed by atoms with Crippen molar-refractivity contribution >= 4 is 12.4 Å². The number of hydrogen-bond acceptors (Lipinski definition) is 3. The fraction of sp³-hybridized carbons (Fsp3) is 0.333. The average Bonchev–Trinajstić information content (AvgIpc) is 3.32. The Morgan fingerprint density at radius 3 is 2.59 bits per heavy atom. The molecule has 34 heavy (non-hydrogen) atoms. The molecule has 180 valence electrons. The lowest BCUT2D eigenvalue weighted by Gasteiger charge is -2.34. The second-order valence-corrected chi connectivity index (χ2v) is 8.77. The highest BCUT2D eigenvalue weighted by atomic mass is 35.5. The second kappa shape index (κ2) is 10.4.